The molecular formula is C18H14Cl2F4N2O4S. The molecule has 0 radical (unpaired) electrons. The van der Waals surface area contributed by atoms with Crippen LogP contribution in [0.25, 0.3) is 0 Å². The number of alkyl halides is 3. The van der Waals surface area contributed by atoms with Gasteiger partial charge in [-0.05, 0) is 24.3 Å². The number of nitrogens with one attached hydrogen (secondary N) is 1. The van der Waals surface area contributed by atoms with Gasteiger partial charge in [-0.25, -0.2) is 17.5 Å². The summed E-state index contributed by atoms with van der Waals surface area (Å²) < 4.78 is 82.1. The van der Waals surface area contributed by atoms with Crippen molar-refractivity contribution in [3.63, 3.8) is 0 Å². The minimum absolute atomic E-state index is 0.0647. The van der Waals surface area contributed by atoms with Gasteiger partial charge in [0, 0.05) is 11.8 Å². The van der Waals surface area contributed by atoms with Gasteiger partial charge in [-0.3, -0.25) is 4.79 Å². The SMILES string of the molecule is CS(=O)(=O)NC(=O)c1cc(Cl)c(OC2CN(c3ccc(C(F)(F)F)c(Cl)c3)C2)cc1F. The van der Waals surface area contributed by atoms with E-state index < -0.39 is 50.2 Å². The van der Waals surface area contributed by atoms with E-state index in [4.69, 9.17) is 27.9 Å². The van der Waals surface area contributed by atoms with Crippen LogP contribution in [0.2, 0.25) is 10.0 Å². The van der Waals surface area contributed by atoms with Crippen molar-refractivity contribution in [3.05, 3.63) is 57.3 Å². The van der Waals surface area contributed by atoms with Crippen LogP contribution in [0, 0.1) is 5.82 Å². The second-order valence-corrected chi connectivity index (χ2v) is 9.34. The minimum atomic E-state index is -4.55. The lowest BCUT2D eigenvalue weighted by Gasteiger charge is -2.41. The van der Waals surface area contributed by atoms with E-state index in [2.05, 4.69) is 0 Å². The molecule has 0 saturated carbocycles. The van der Waals surface area contributed by atoms with Crippen molar-refractivity contribution in [1.29, 1.82) is 0 Å². The predicted molar refractivity (Wildman–Crippen MR) is 107 cm³/mol. The summed E-state index contributed by atoms with van der Waals surface area (Å²) >= 11 is 11.7. The summed E-state index contributed by atoms with van der Waals surface area (Å²) in [5.41, 5.74) is -1.05. The molecule has 0 aliphatic carbocycles. The van der Waals surface area contributed by atoms with Gasteiger partial charge in [-0.1, -0.05) is 23.2 Å². The topological polar surface area (TPSA) is 75.7 Å². The summed E-state index contributed by atoms with van der Waals surface area (Å²) in [5.74, 6) is -2.28. The van der Waals surface area contributed by atoms with Crippen molar-refractivity contribution < 1.29 is 35.5 Å². The normalized spacial score (nSPS) is 14.9. The largest absolute Gasteiger partial charge is 0.485 e. The van der Waals surface area contributed by atoms with Crippen molar-refractivity contribution in [1.82, 2.24) is 4.72 Å². The number of sulfonamides is 1. The first-order chi connectivity index (χ1) is 14.2. The fourth-order valence-corrected chi connectivity index (χ4v) is 3.79. The van der Waals surface area contributed by atoms with E-state index in [-0.39, 0.29) is 23.9 Å². The van der Waals surface area contributed by atoms with Gasteiger partial charge in [0.25, 0.3) is 5.91 Å². The first-order valence-corrected chi connectivity index (χ1v) is 11.2. The van der Waals surface area contributed by atoms with E-state index in [0.29, 0.717) is 5.69 Å². The highest BCUT2D eigenvalue weighted by Crippen LogP contribution is 2.38. The summed E-state index contributed by atoms with van der Waals surface area (Å²) in [4.78, 5) is 13.5. The molecule has 2 aromatic carbocycles. The summed E-state index contributed by atoms with van der Waals surface area (Å²) in [5, 5.41) is -0.543. The van der Waals surface area contributed by atoms with Crippen LogP contribution in [0.3, 0.4) is 0 Å². The molecule has 13 heteroatoms. The average Bonchev–Trinajstić information content (AvgIpc) is 2.57. The fourth-order valence-electron chi connectivity index (χ4n) is 2.85. The van der Waals surface area contributed by atoms with E-state index in [1.54, 1.807) is 9.62 Å². The molecular weight excluding hydrogens is 487 g/mol. The zero-order valence-electron chi connectivity index (χ0n) is 15.6. The van der Waals surface area contributed by atoms with Crippen molar-refractivity contribution in [2.75, 3.05) is 24.2 Å². The number of carbonyl (C=O) groups excluding carboxylic acids is 1. The quantitative estimate of drug-likeness (QED) is 0.625. The van der Waals surface area contributed by atoms with E-state index in [9.17, 15) is 30.8 Å². The number of halogens is 6. The fraction of sp³-hybridized carbons (Fsp3) is 0.278. The molecule has 1 fully saturated rings. The maximum atomic E-state index is 14.2. The molecule has 0 aromatic heterocycles. The third-order valence-electron chi connectivity index (χ3n) is 4.31. The Morgan fingerprint density at radius 1 is 1.16 bits per heavy atom. The van der Waals surface area contributed by atoms with Gasteiger partial charge in [-0.2, -0.15) is 13.2 Å². The molecule has 3 rings (SSSR count). The molecule has 1 N–H and O–H groups in total. The van der Waals surface area contributed by atoms with Gasteiger partial charge in [0.05, 0.1) is 40.5 Å². The summed E-state index contributed by atoms with van der Waals surface area (Å²) in [6, 6.07) is 5.17. The highest BCUT2D eigenvalue weighted by Gasteiger charge is 2.35. The molecule has 2 aromatic rings. The molecule has 1 aliphatic rings. The molecule has 0 bridgehead atoms. The van der Waals surface area contributed by atoms with E-state index >= 15 is 0 Å². The molecule has 1 amide bonds. The molecule has 31 heavy (non-hydrogen) atoms. The van der Waals surface area contributed by atoms with Crippen molar-refractivity contribution in [2.24, 2.45) is 0 Å². The van der Waals surface area contributed by atoms with Crippen molar-refractivity contribution >= 4 is 44.8 Å². The Kier molecular flexibility index (Phi) is 6.32. The molecule has 6 nitrogen and oxygen atoms in total. The van der Waals surface area contributed by atoms with Gasteiger partial charge in [-0.15, -0.1) is 0 Å². The number of benzene rings is 2. The lowest BCUT2D eigenvalue weighted by molar-refractivity contribution is -0.137. The Morgan fingerprint density at radius 3 is 2.35 bits per heavy atom. The van der Waals surface area contributed by atoms with E-state index in [0.717, 1.165) is 24.5 Å². The highest BCUT2D eigenvalue weighted by atomic mass is 35.5. The van der Waals surface area contributed by atoms with E-state index in [1.807, 2.05) is 0 Å². The molecule has 1 aliphatic heterocycles. The molecule has 0 atom stereocenters. The predicted octanol–water partition coefficient (Wildman–Crippen LogP) is 4.11. The average molecular weight is 501 g/mol. The van der Waals surface area contributed by atoms with Gasteiger partial charge in [0.15, 0.2) is 0 Å². The highest BCUT2D eigenvalue weighted by molar-refractivity contribution is 7.89. The maximum Gasteiger partial charge on any atom is 0.417 e. The van der Waals surface area contributed by atoms with Gasteiger partial charge >= 0.3 is 6.18 Å². The zero-order valence-corrected chi connectivity index (χ0v) is 18.0. The number of anilines is 1. The Hall–Kier alpha value is -2.24. The van der Waals surface area contributed by atoms with Gasteiger partial charge in [0.1, 0.15) is 17.7 Å². The molecule has 1 heterocycles. The molecule has 168 valence electrons. The summed E-state index contributed by atoms with van der Waals surface area (Å²) in [6.45, 7) is 0.548. The first kappa shape index (κ1) is 23.4. The number of carbonyl (C=O) groups is 1. The van der Waals surface area contributed by atoms with Crippen LogP contribution >= 0.6 is 23.2 Å². The molecule has 1 saturated heterocycles. The lowest BCUT2D eigenvalue weighted by atomic mass is 10.1. The standard InChI is InChI=1S/C18H14Cl2F4N2O4S/c1-31(28,29)25-17(27)11-5-14(20)16(6-15(11)21)30-10-7-26(8-10)9-2-3-12(13(19)4-9)18(22,23)24/h2-6,10H,7-8H2,1H3,(H,25,27). The first-order valence-electron chi connectivity index (χ1n) is 8.54. The minimum Gasteiger partial charge on any atom is -0.485 e. The van der Waals surface area contributed by atoms with Crippen LogP contribution in [0.15, 0.2) is 30.3 Å². The van der Waals surface area contributed by atoms with Crippen LogP contribution in [0.5, 0.6) is 5.75 Å². The number of ether oxygens (including phenoxy) is 1. The lowest BCUT2D eigenvalue weighted by Crippen LogP contribution is -2.54. The van der Waals surface area contributed by atoms with Gasteiger partial charge < -0.3 is 9.64 Å². The number of nitrogens with zero attached hydrogens (tertiary/aromatic N) is 1. The smallest absolute Gasteiger partial charge is 0.417 e. The molecule has 0 unspecified atom stereocenters. The van der Waals surface area contributed by atoms with Crippen molar-refractivity contribution in [3.8, 4) is 5.75 Å². The Labute approximate surface area is 184 Å². The maximum absolute atomic E-state index is 14.2. The third-order valence-corrected chi connectivity index (χ3v) is 5.47. The second-order valence-electron chi connectivity index (χ2n) is 6.77. The Morgan fingerprint density at radius 2 is 1.81 bits per heavy atom. The summed E-state index contributed by atoms with van der Waals surface area (Å²) in [7, 11) is -3.89. The number of rotatable bonds is 5. The second kappa shape index (κ2) is 8.36. The zero-order chi connectivity index (χ0) is 23.1. The van der Waals surface area contributed by atoms with E-state index in [1.165, 1.54) is 12.1 Å². The van der Waals surface area contributed by atoms with Crippen LogP contribution in [0.4, 0.5) is 23.2 Å². The summed E-state index contributed by atoms with van der Waals surface area (Å²) in [6.07, 6.45) is -4.26. The van der Waals surface area contributed by atoms with Gasteiger partial charge in [0.2, 0.25) is 10.0 Å². The number of hydrogen-bond donors (Lipinski definition) is 1. The Balaban J connectivity index is 1.66. The number of amides is 1. The van der Waals surface area contributed by atoms with Crippen LogP contribution in [-0.4, -0.2) is 39.8 Å². The van der Waals surface area contributed by atoms with Crippen LogP contribution < -0.4 is 14.4 Å². The van der Waals surface area contributed by atoms with Crippen LogP contribution in [0.1, 0.15) is 15.9 Å². The Bertz CT molecular complexity index is 1140. The monoisotopic (exact) mass is 500 g/mol. The number of hydrogen-bond acceptors (Lipinski definition) is 5. The van der Waals surface area contributed by atoms with Crippen LogP contribution in [-0.2, 0) is 16.2 Å². The molecule has 0 spiro atoms. The third kappa shape index (κ3) is 5.52. The van der Waals surface area contributed by atoms with Crippen molar-refractivity contribution in [2.45, 2.75) is 12.3 Å².